The number of hydrogen-bond donors (Lipinski definition) is 4. The summed E-state index contributed by atoms with van der Waals surface area (Å²) in [5, 5.41) is 11.4. The maximum absolute atomic E-state index is 12.8. The first-order valence-electron chi connectivity index (χ1n) is 10.6. The van der Waals surface area contributed by atoms with Crippen molar-refractivity contribution in [1.29, 1.82) is 0 Å². The van der Waals surface area contributed by atoms with Crippen LogP contribution in [0.1, 0.15) is 21.5 Å². The fraction of sp³-hybridized carbons (Fsp3) is 0.0400. The van der Waals surface area contributed by atoms with Crippen molar-refractivity contribution in [2.75, 3.05) is 0 Å². The number of nitrogens with zero attached hydrogens (tertiary/aromatic N) is 2. The minimum absolute atomic E-state index is 0.158. The van der Waals surface area contributed by atoms with Gasteiger partial charge in [-0.15, -0.1) is 10.2 Å². The van der Waals surface area contributed by atoms with Crippen LogP contribution in [0.4, 0.5) is 13.2 Å². The third-order valence-electron chi connectivity index (χ3n) is 4.49. The van der Waals surface area contributed by atoms with Gasteiger partial charge < -0.3 is 16.2 Å². The lowest BCUT2D eigenvalue weighted by Crippen LogP contribution is -2.38. The summed E-state index contributed by atoms with van der Waals surface area (Å²) in [4.78, 5) is 24.2. The van der Waals surface area contributed by atoms with Crippen molar-refractivity contribution in [3.63, 3.8) is 0 Å². The Balaban J connectivity index is 1.52. The van der Waals surface area contributed by atoms with Gasteiger partial charge in [-0.3, -0.25) is 20.2 Å². The SMILES string of the molecule is NC(=NN=C(N)NC(=O)c1ccc(Oc2ccccc2)cc1)NC(=O)C=Cc1cccc(C(F)(F)F)c1. The number of nitrogens with one attached hydrogen (secondary N) is 2. The topological polar surface area (TPSA) is 144 Å². The van der Waals surface area contributed by atoms with E-state index in [9.17, 15) is 22.8 Å². The van der Waals surface area contributed by atoms with Gasteiger partial charge in [0.2, 0.25) is 11.9 Å². The van der Waals surface area contributed by atoms with Crippen molar-refractivity contribution < 1.29 is 27.5 Å². The molecule has 3 rings (SSSR count). The Hall–Kier alpha value is -5.13. The van der Waals surface area contributed by atoms with Gasteiger partial charge in [-0.1, -0.05) is 30.3 Å². The third kappa shape index (κ3) is 8.55. The Kier molecular flexibility index (Phi) is 8.60. The van der Waals surface area contributed by atoms with Crippen molar-refractivity contribution in [3.8, 4) is 11.5 Å². The van der Waals surface area contributed by atoms with E-state index in [2.05, 4.69) is 20.8 Å². The zero-order valence-electron chi connectivity index (χ0n) is 19.1. The van der Waals surface area contributed by atoms with Crippen LogP contribution in [0.15, 0.2) is 95.1 Å². The normalized spacial score (nSPS) is 12.3. The number of para-hydroxylation sites is 1. The molecule has 3 aromatic rings. The highest BCUT2D eigenvalue weighted by atomic mass is 19.4. The number of ether oxygens (including phenoxy) is 1. The number of carbonyl (C=O) groups is 2. The molecule has 0 saturated carbocycles. The number of rotatable bonds is 6. The summed E-state index contributed by atoms with van der Waals surface area (Å²) in [6.45, 7) is 0. The zero-order valence-corrected chi connectivity index (χ0v) is 19.1. The summed E-state index contributed by atoms with van der Waals surface area (Å²) >= 11 is 0. The van der Waals surface area contributed by atoms with E-state index in [1.807, 2.05) is 18.2 Å². The van der Waals surface area contributed by atoms with Crippen LogP contribution in [-0.2, 0) is 11.0 Å². The summed E-state index contributed by atoms with van der Waals surface area (Å²) in [7, 11) is 0. The summed E-state index contributed by atoms with van der Waals surface area (Å²) in [6, 6.07) is 19.8. The summed E-state index contributed by atoms with van der Waals surface area (Å²) in [5.74, 6) is -1.03. The maximum atomic E-state index is 12.8. The predicted octanol–water partition coefficient (Wildman–Crippen LogP) is 3.60. The number of benzene rings is 3. The van der Waals surface area contributed by atoms with Crippen molar-refractivity contribution in [2.24, 2.45) is 21.7 Å². The highest BCUT2D eigenvalue weighted by Crippen LogP contribution is 2.29. The number of hydrogen-bond acceptors (Lipinski definition) is 5. The lowest BCUT2D eigenvalue weighted by Gasteiger charge is -2.07. The Morgan fingerprint density at radius 2 is 1.43 bits per heavy atom. The summed E-state index contributed by atoms with van der Waals surface area (Å²) in [5.41, 5.74) is 10.7. The average Bonchev–Trinajstić information content (AvgIpc) is 2.87. The van der Waals surface area contributed by atoms with Gasteiger partial charge >= 0.3 is 6.18 Å². The van der Waals surface area contributed by atoms with Crippen molar-refractivity contribution in [1.82, 2.24) is 10.6 Å². The second kappa shape index (κ2) is 12.0. The molecule has 3 aromatic carbocycles. The zero-order chi connectivity index (χ0) is 26.8. The molecule has 0 saturated heterocycles. The first kappa shape index (κ1) is 26.5. The van der Waals surface area contributed by atoms with E-state index in [0.717, 1.165) is 18.2 Å². The first-order chi connectivity index (χ1) is 17.6. The lowest BCUT2D eigenvalue weighted by molar-refractivity contribution is -0.137. The molecule has 0 bridgehead atoms. The standard InChI is InChI=1S/C25H21F3N6O3/c26-25(27,28)18-6-4-5-16(15-18)9-14-21(35)31-23(29)33-34-24(30)32-22(36)17-10-12-20(13-11-17)37-19-7-2-1-3-8-19/h1-15H,(H3,29,31,33,35)(H3,30,32,34,36). The third-order valence-corrected chi connectivity index (χ3v) is 4.49. The molecule has 0 heterocycles. The number of carbonyl (C=O) groups excluding carboxylic acids is 2. The fourth-order valence-corrected chi connectivity index (χ4v) is 2.80. The molecule has 0 aliphatic carbocycles. The Morgan fingerprint density at radius 3 is 2.08 bits per heavy atom. The van der Waals surface area contributed by atoms with Crippen molar-refractivity contribution >= 4 is 29.8 Å². The quantitative estimate of drug-likeness (QED) is 0.173. The van der Waals surface area contributed by atoms with Crippen molar-refractivity contribution in [2.45, 2.75) is 6.18 Å². The van der Waals surface area contributed by atoms with Crippen LogP contribution in [0.2, 0.25) is 0 Å². The van der Waals surface area contributed by atoms with E-state index in [4.69, 9.17) is 16.2 Å². The highest BCUT2D eigenvalue weighted by molar-refractivity contribution is 6.06. The molecule has 0 spiro atoms. The van der Waals surface area contributed by atoms with E-state index in [1.165, 1.54) is 30.3 Å². The van der Waals surface area contributed by atoms with Gasteiger partial charge in [0.15, 0.2) is 0 Å². The Bertz CT molecular complexity index is 1340. The molecule has 0 fully saturated rings. The minimum Gasteiger partial charge on any atom is -0.457 e. The van der Waals surface area contributed by atoms with E-state index in [1.54, 1.807) is 24.3 Å². The van der Waals surface area contributed by atoms with Crippen molar-refractivity contribution in [3.05, 3.63) is 102 Å². The van der Waals surface area contributed by atoms with Gasteiger partial charge in [-0.05, 0) is 60.2 Å². The molecule has 6 N–H and O–H groups in total. The number of amides is 2. The molecule has 37 heavy (non-hydrogen) atoms. The summed E-state index contributed by atoms with van der Waals surface area (Å²) < 4.78 is 43.9. The largest absolute Gasteiger partial charge is 0.457 e. The molecule has 0 unspecified atom stereocenters. The molecule has 0 aliphatic heterocycles. The molecular weight excluding hydrogens is 489 g/mol. The molecular formula is C25H21F3N6O3. The van der Waals surface area contributed by atoms with Crippen LogP contribution in [-0.4, -0.2) is 23.7 Å². The fourth-order valence-electron chi connectivity index (χ4n) is 2.80. The predicted molar refractivity (Wildman–Crippen MR) is 132 cm³/mol. The Morgan fingerprint density at radius 1 is 0.811 bits per heavy atom. The van der Waals surface area contributed by atoms with Gasteiger partial charge in [-0.25, -0.2) is 0 Å². The Labute approximate surface area is 209 Å². The molecule has 0 aliphatic rings. The monoisotopic (exact) mass is 510 g/mol. The number of halogens is 3. The number of guanidine groups is 2. The van der Waals surface area contributed by atoms with Gasteiger partial charge in [0.25, 0.3) is 11.8 Å². The van der Waals surface area contributed by atoms with Crippen LogP contribution < -0.4 is 26.8 Å². The number of alkyl halides is 3. The van der Waals surface area contributed by atoms with E-state index >= 15 is 0 Å². The maximum Gasteiger partial charge on any atom is 0.416 e. The minimum atomic E-state index is -4.50. The van der Waals surface area contributed by atoms with E-state index < -0.39 is 35.5 Å². The van der Waals surface area contributed by atoms with Crippen LogP contribution in [0.3, 0.4) is 0 Å². The molecule has 0 aromatic heterocycles. The van der Waals surface area contributed by atoms with Gasteiger partial charge in [0.1, 0.15) is 11.5 Å². The van der Waals surface area contributed by atoms with Crippen LogP contribution in [0.5, 0.6) is 11.5 Å². The molecule has 2 amide bonds. The smallest absolute Gasteiger partial charge is 0.416 e. The summed E-state index contributed by atoms with van der Waals surface area (Å²) in [6.07, 6.45) is -2.36. The second-order valence-corrected chi connectivity index (χ2v) is 7.31. The molecule has 190 valence electrons. The van der Waals surface area contributed by atoms with Gasteiger partial charge in [-0.2, -0.15) is 13.2 Å². The molecule has 0 atom stereocenters. The van der Waals surface area contributed by atoms with Gasteiger partial charge in [0.05, 0.1) is 5.56 Å². The average molecular weight is 510 g/mol. The lowest BCUT2D eigenvalue weighted by atomic mass is 10.1. The van der Waals surface area contributed by atoms with E-state index in [-0.39, 0.29) is 11.1 Å². The molecule has 0 radical (unpaired) electrons. The van der Waals surface area contributed by atoms with Crippen LogP contribution >= 0.6 is 0 Å². The first-order valence-corrected chi connectivity index (χ1v) is 10.6. The van der Waals surface area contributed by atoms with Gasteiger partial charge in [0, 0.05) is 11.6 Å². The number of nitrogens with two attached hydrogens (primary N) is 2. The van der Waals surface area contributed by atoms with Crippen LogP contribution in [0, 0.1) is 0 Å². The van der Waals surface area contributed by atoms with Crippen LogP contribution in [0.25, 0.3) is 6.08 Å². The second-order valence-electron chi connectivity index (χ2n) is 7.31. The highest BCUT2D eigenvalue weighted by Gasteiger charge is 2.30. The van der Waals surface area contributed by atoms with E-state index in [0.29, 0.717) is 11.5 Å². The molecule has 12 heteroatoms. The molecule has 9 nitrogen and oxygen atoms in total.